The normalized spacial score (nSPS) is 9.80. The molecule has 2 aromatic carbocycles. The Hall–Kier alpha value is -2.68. The summed E-state index contributed by atoms with van der Waals surface area (Å²) >= 11 is 0. The molecule has 0 heterocycles. The molecule has 3 nitrogen and oxygen atoms in total. The molecule has 0 aliphatic heterocycles. The van der Waals surface area contributed by atoms with Crippen LogP contribution in [0.15, 0.2) is 67.3 Å². The van der Waals surface area contributed by atoms with Crippen molar-refractivity contribution in [2.75, 3.05) is 11.4 Å². The topological polar surface area (TPSA) is 37.4 Å². The number of nitrogens with zero attached hydrogens (tertiary/aromatic N) is 1. The monoisotopic (exact) mass is 265 g/mol. The van der Waals surface area contributed by atoms with Gasteiger partial charge < -0.3 is 4.90 Å². The molecule has 0 saturated carbocycles. The average Bonchev–Trinajstić information content (AvgIpc) is 2.53. The second-order valence-electron chi connectivity index (χ2n) is 4.25. The summed E-state index contributed by atoms with van der Waals surface area (Å²) in [4.78, 5) is 25.2. The maximum absolute atomic E-state index is 12.6. The summed E-state index contributed by atoms with van der Waals surface area (Å²) in [6.07, 6.45) is 2.39. The molecular weight excluding hydrogens is 250 g/mol. The summed E-state index contributed by atoms with van der Waals surface area (Å²) in [5.41, 5.74) is 1.66. The Balaban J connectivity index is 2.43. The number of aldehydes is 1. The second kappa shape index (κ2) is 6.48. The number of rotatable bonds is 5. The molecule has 2 rings (SSSR count). The lowest BCUT2D eigenvalue weighted by molar-refractivity contribution is 0.0989. The lowest BCUT2D eigenvalue weighted by Crippen LogP contribution is -2.31. The van der Waals surface area contributed by atoms with Crippen LogP contribution in [0.1, 0.15) is 20.7 Å². The smallest absolute Gasteiger partial charge is 0.258 e. The minimum Gasteiger partial charge on any atom is -0.304 e. The van der Waals surface area contributed by atoms with E-state index >= 15 is 0 Å². The lowest BCUT2D eigenvalue weighted by Gasteiger charge is -2.22. The Morgan fingerprint density at radius 2 is 1.70 bits per heavy atom. The number of hydrogen-bond acceptors (Lipinski definition) is 2. The lowest BCUT2D eigenvalue weighted by atomic mass is 10.1. The van der Waals surface area contributed by atoms with Crippen LogP contribution >= 0.6 is 0 Å². The molecule has 3 heteroatoms. The summed E-state index contributed by atoms with van der Waals surface area (Å²) in [5.74, 6) is -0.153. The van der Waals surface area contributed by atoms with E-state index in [0.29, 0.717) is 23.4 Å². The minimum atomic E-state index is -0.153. The summed E-state index contributed by atoms with van der Waals surface area (Å²) in [7, 11) is 0. The summed E-state index contributed by atoms with van der Waals surface area (Å²) in [6.45, 7) is 4.02. The van der Waals surface area contributed by atoms with Crippen molar-refractivity contribution >= 4 is 17.9 Å². The first-order valence-electron chi connectivity index (χ1n) is 6.30. The van der Waals surface area contributed by atoms with E-state index in [0.717, 1.165) is 6.29 Å². The molecule has 1 amide bonds. The zero-order valence-electron chi connectivity index (χ0n) is 11.0. The van der Waals surface area contributed by atoms with Crippen LogP contribution < -0.4 is 4.90 Å². The van der Waals surface area contributed by atoms with Gasteiger partial charge in [0.05, 0.1) is 5.69 Å². The van der Waals surface area contributed by atoms with Crippen LogP contribution in [0.5, 0.6) is 0 Å². The van der Waals surface area contributed by atoms with Crippen molar-refractivity contribution in [1.29, 1.82) is 0 Å². The Bertz CT molecular complexity index is 620. The molecule has 0 aliphatic carbocycles. The van der Waals surface area contributed by atoms with Gasteiger partial charge in [0.15, 0.2) is 6.29 Å². The van der Waals surface area contributed by atoms with E-state index in [2.05, 4.69) is 6.58 Å². The third-order valence-corrected chi connectivity index (χ3v) is 2.93. The number of amides is 1. The fourth-order valence-electron chi connectivity index (χ4n) is 1.99. The number of carbonyl (C=O) groups is 2. The van der Waals surface area contributed by atoms with Gasteiger partial charge in [-0.3, -0.25) is 9.59 Å². The molecule has 0 spiro atoms. The van der Waals surface area contributed by atoms with Crippen molar-refractivity contribution in [2.45, 2.75) is 0 Å². The fourth-order valence-corrected chi connectivity index (χ4v) is 1.99. The van der Waals surface area contributed by atoms with E-state index in [1.54, 1.807) is 47.4 Å². The molecule has 0 atom stereocenters. The van der Waals surface area contributed by atoms with E-state index < -0.39 is 0 Å². The number of benzene rings is 2. The largest absolute Gasteiger partial charge is 0.304 e. The Labute approximate surface area is 118 Å². The van der Waals surface area contributed by atoms with Crippen LogP contribution in [0.4, 0.5) is 5.69 Å². The van der Waals surface area contributed by atoms with E-state index in [1.807, 2.05) is 18.2 Å². The maximum atomic E-state index is 12.6. The van der Waals surface area contributed by atoms with Gasteiger partial charge in [0, 0.05) is 17.7 Å². The van der Waals surface area contributed by atoms with Gasteiger partial charge in [0.1, 0.15) is 0 Å². The molecule has 100 valence electrons. The van der Waals surface area contributed by atoms with Crippen molar-refractivity contribution in [1.82, 2.24) is 0 Å². The van der Waals surface area contributed by atoms with Gasteiger partial charge in [-0.05, 0) is 24.3 Å². The summed E-state index contributed by atoms with van der Waals surface area (Å²) in [6, 6.07) is 16.0. The first-order valence-corrected chi connectivity index (χ1v) is 6.30. The van der Waals surface area contributed by atoms with Gasteiger partial charge in [-0.25, -0.2) is 0 Å². The number of hydrogen-bond donors (Lipinski definition) is 0. The Morgan fingerprint density at radius 1 is 1.05 bits per heavy atom. The quantitative estimate of drug-likeness (QED) is 0.614. The first-order chi connectivity index (χ1) is 9.77. The van der Waals surface area contributed by atoms with Crippen molar-refractivity contribution < 1.29 is 9.59 Å². The van der Waals surface area contributed by atoms with Crippen molar-refractivity contribution in [3.05, 3.63) is 78.4 Å². The molecule has 0 aliphatic rings. The van der Waals surface area contributed by atoms with Gasteiger partial charge in [0.2, 0.25) is 0 Å². The summed E-state index contributed by atoms with van der Waals surface area (Å²) < 4.78 is 0. The fraction of sp³-hybridized carbons (Fsp3) is 0.0588. The zero-order chi connectivity index (χ0) is 14.4. The van der Waals surface area contributed by atoms with E-state index in [9.17, 15) is 9.59 Å². The second-order valence-corrected chi connectivity index (χ2v) is 4.25. The van der Waals surface area contributed by atoms with E-state index in [-0.39, 0.29) is 5.91 Å². The van der Waals surface area contributed by atoms with Crippen LogP contribution in [0.25, 0.3) is 0 Å². The maximum Gasteiger partial charge on any atom is 0.258 e. The molecule has 0 saturated heterocycles. The Morgan fingerprint density at radius 3 is 2.35 bits per heavy atom. The van der Waals surface area contributed by atoms with Gasteiger partial charge in [-0.15, -0.1) is 6.58 Å². The molecule has 0 radical (unpaired) electrons. The molecule has 2 aromatic rings. The number of anilines is 1. The zero-order valence-corrected chi connectivity index (χ0v) is 11.0. The molecule has 0 unspecified atom stereocenters. The van der Waals surface area contributed by atoms with Gasteiger partial charge in [-0.2, -0.15) is 0 Å². The van der Waals surface area contributed by atoms with E-state index in [4.69, 9.17) is 0 Å². The third kappa shape index (κ3) is 2.83. The highest BCUT2D eigenvalue weighted by atomic mass is 16.2. The van der Waals surface area contributed by atoms with Crippen LogP contribution in [0.2, 0.25) is 0 Å². The van der Waals surface area contributed by atoms with Crippen molar-refractivity contribution in [3.63, 3.8) is 0 Å². The van der Waals surface area contributed by atoms with Gasteiger partial charge in [0.25, 0.3) is 5.91 Å². The highest BCUT2D eigenvalue weighted by Gasteiger charge is 2.18. The number of carbonyl (C=O) groups excluding carboxylic acids is 2. The Kier molecular flexibility index (Phi) is 4.45. The standard InChI is InChI=1S/C17H15NO2/c1-2-12-18(16-11-7-6-10-15(16)13-19)17(20)14-8-4-3-5-9-14/h2-11,13H,1,12H2. The predicted molar refractivity (Wildman–Crippen MR) is 80.1 cm³/mol. The van der Waals surface area contributed by atoms with Gasteiger partial charge in [-0.1, -0.05) is 36.4 Å². The third-order valence-electron chi connectivity index (χ3n) is 2.93. The van der Waals surface area contributed by atoms with Crippen molar-refractivity contribution in [3.8, 4) is 0 Å². The molecule has 0 fully saturated rings. The van der Waals surface area contributed by atoms with Crippen LogP contribution in [-0.4, -0.2) is 18.7 Å². The average molecular weight is 265 g/mol. The molecule has 20 heavy (non-hydrogen) atoms. The first kappa shape index (κ1) is 13.7. The summed E-state index contributed by atoms with van der Waals surface area (Å²) in [5, 5.41) is 0. The number of para-hydroxylation sites is 1. The SMILES string of the molecule is C=CCN(C(=O)c1ccccc1)c1ccccc1C=O. The highest BCUT2D eigenvalue weighted by Crippen LogP contribution is 2.21. The van der Waals surface area contributed by atoms with E-state index in [1.165, 1.54) is 0 Å². The van der Waals surface area contributed by atoms with Crippen molar-refractivity contribution in [2.24, 2.45) is 0 Å². The minimum absolute atomic E-state index is 0.153. The molecular formula is C17H15NO2. The van der Waals surface area contributed by atoms with Gasteiger partial charge >= 0.3 is 0 Å². The molecule has 0 bridgehead atoms. The highest BCUT2D eigenvalue weighted by molar-refractivity contribution is 6.08. The van der Waals surface area contributed by atoms with Crippen LogP contribution in [0.3, 0.4) is 0 Å². The van der Waals surface area contributed by atoms with Crippen LogP contribution in [-0.2, 0) is 0 Å². The molecule has 0 N–H and O–H groups in total. The predicted octanol–water partition coefficient (Wildman–Crippen LogP) is 3.33. The molecule has 0 aromatic heterocycles. The van der Waals surface area contributed by atoms with Crippen LogP contribution in [0, 0.1) is 0 Å².